The van der Waals surface area contributed by atoms with Crippen LogP contribution in [-0.4, -0.2) is 8.07 Å². The van der Waals surface area contributed by atoms with Crippen LogP contribution in [0.1, 0.15) is 6.42 Å². The molecule has 0 fully saturated rings. The standard InChI is InChI=1S/C8H14N2Si/c1-11(2,3)7-8(6-10)4-5-9/h8H,4,7H2,1-3H3. The molecule has 0 aliphatic carbocycles. The highest BCUT2D eigenvalue weighted by atomic mass is 28.3. The number of rotatable bonds is 3. The predicted octanol–water partition coefficient (Wildman–Crippen LogP) is 2.38. The van der Waals surface area contributed by atoms with Gasteiger partial charge in [0.25, 0.3) is 0 Å². The van der Waals surface area contributed by atoms with E-state index >= 15 is 0 Å². The van der Waals surface area contributed by atoms with Crippen LogP contribution in [-0.2, 0) is 0 Å². The van der Waals surface area contributed by atoms with Gasteiger partial charge in [0.1, 0.15) is 0 Å². The van der Waals surface area contributed by atoms with Crippen molar-refractivity contribution < 1.29 is 0 Å². The minimum Gasteiger partial charge on any atom is -0.198 e. The van der Waals surface area contributed by atoms with E-state index in [1.165, 1.54) is 0 Å². The van der Waals surface area contributed by atoms with E-state index in [2.05, 4.69) is 25.7 Å². The zero-order chi connectivity index (χ0) is 8.91. The maximum atomic E-state index is 8.64. The van der Waals surface area contributed by atoms with E-state index < -0.39 is 8.07 Å². The first-order chi connectivity index (χ1) is 4.99. The van der Waals surface area contributed by atoms with Crippen molar-refractivity contribution in [2.75, 3.05) is 0 Å². The Morgan fingerprint density at radius 3 is 2.09 bits per heavy atom. The second-order valence-corrected chi connectivity index (χ2v) is 9.48. The second-order valence-electron chi connectivity index (χ2n) is 3.95. The summed E-state index contributed by atoms with van der Waals surface area (Å²) in [6.45, 7) is 6.65. The molecule has 1 unspecified atom stereocenters. The lowest BCUT2D eigenvalue weighted by atomic mass is 10.1. The molecule has 0 aromatic rings. The van der Waals surface area contributed by atoms with Crippen LogP contribution in [0.5, 0.6) is 0 Å². The van der Waals surface area contributed by atoms with Gasteiger partial charge in [0.05, 0.1) is 24.5 Å². The Bertz CT molecular complexity index is 192. The average molecular weight is 166 g/mol. The van der Waals surface area contributed by atoms with Crippen LogP contribution in [0.4, 0.5) is 0 Å². The normalized spacial score (nSPS) is 13.2. The number of hydrogen-bond donors (Lipinski definition) is 0. The lowest BCUT2D eigenvalue weighted by molar-refractivity contribution is 0.753. The van der Waals surface area contributed by atoms with Crippen LogP contribution in [0.3, 0.4) is 0 Å². The van der Waals surface area contributed by atoms with Gasteiger partial charge < -0.3 is 0 Å². The molecule has 0 aromatic carbocycles. The SMILES string of the molecule is C[Si](C)(C)CC(C#N)CC#N. The largest absolute Gasteiger partial charge is 0.198 e. The van der Waals surface area contributed by atoms with E-state index in [0.29, 0.717) is 6.42 Å². The molecule has 0 saturated carbocycles. The van der Waals surface area contributed by atoms with Crippen molar-refractivity contribution in [3.05, 3.63) is 0 Å². The zero-order valence-corrected chi connectivity index (χ0v) is 8.39. The third kappa shape index (κ3) is 5.63. The fourth-order valence-corrected chi connectivity index (χ4v) is 2.73. The maximum Gasteiger partial charge on any atom is 0.0663 e. The molecule has 0 amide bonds. The molecular formula is C8H14N2Si. The molecule has 2 nitrogen and oxygen atoms in total. The summed E-state index contributed by atoms with van der Waals surface area (Å²) in [6.07, 6.45) is 0.390. The van der Waals surface area contributed by atoms with Crippen LogP contribution in [0.2, 0.25) is 25.7 Å². The van der Waals surface area contributed by atoms with Crippen molar-refractivity contribution >= 4 is 8.07 Å². The molecule has 0 heterocycles. The van der Waals surface area contributed by atoms with Crippen LogP contribution in [0, 0.1) is 28.6 Å². The Morgan fingerprint density at radius 2 is 1.82 bits per heavy atom. The van der Waals surface area contributed by atoms with Crippen LogP contribution < -0.4 is 0 Å². The highest BCUT2D eigenvalue weighted by Gasteiger charge is 2.19. The lowest BCUT2D eigenvalue weighted by Crippen LogP contribution is -2.23. The first-order valence-electron chi connectivity index (χ1n) is 3.76. The number of hydrogen-bond acceptors (Lipinski definition) is 2. The molecule has 0 N–H and O–H groups in total. The topological polar surface area (TPSA) is 47.6 Å². The minimum absolute atomic E-state index is 0.0355. The Balaban J connectivity index is 3.93. The summed E-state index contributed by atoms with van der Waals surface area (Å²) in [4.78, 5) is 0. The van der Waals surface area contributed by atoms with Gasteiger partial charge in [0.2, 0.25) is 0 Å². The number of nitriles is 2. The summed E-state index contributed by atoms with van der Waals surface area (Å²) in [5, 5.41) is 17.0. The fraction of sp³-hybridized carbons (Fsp3) is 0.750. The van der Waals surface area contributed by atoms with Gasteiger partial charge in [0.15, 0.2) is 0 Å². The van der Waals surface area contributed by atoms with Gasteiger partial charge in [-0.3, -0.25) is 0 Å². The average Bonchev–Trinajstić information content (AvgIpc) is 1.84. The van der Waals surface area contributed by atoms with E-state index in [1.807, 2.05) is 6.07 Å². The summed E-state index contributed by atoms with van der Waals surface area (Å²) >= 11 is 0. The second kappa shape index (κ2) is 4.15. The first-order valence-corrected chi connectivity index (χ1v) is 7.47. The molecule has 0 rings (SSSR count). The lowest BCUT2D eigenvalue weighted by Gasteiger charge is -2.17. The van der Waals surface area contributed by atoms with Crippen molar-refractivity contribution in [3.63, 3.8) is 0 Å². The van der Waals surface area contributed by atoms with E-state index in [4.69, 9.17) is 10.5 Å². The molecule has 0 bridgehead atoms. The van der Waals surface area contributed by atoms with E-state index in [9.17, 15) is 0 Å². The molecule has 0 radical (unpaired) electrons. The summed E-state index contributed by atoms with van der Waals surface area (Å²) < 4.78 is 0. The van der Waals surface area contributed by atoms with Gasteiger partial charge >= 0.3 is 0 Å². The van der Waals surface area contributed by atoms with Gasteiger partial charge in [-0.15, -0.1) is 0 Å². The highest BCUT2D eigenvalue weighted by Crippen LogP contribution is 2.18. The van der Waals surface area contributed by atoms with Crippen molar-refractivity contribution in [2.24, 2.45) is 5.92 Å². The maximum absolute atomic E-state index is 8.64. The van der Waals surface area contributed by atoms with Crippen LogP contribution in [0.25, 0.3) is 0 Å². The Labute approximate surface area is 69.5 Å². The summed E-state index contributed by atoms with van der Waals surface area (Å²) in [7, 11) is -1.15. The zero-order valence-electron chi connectivity index (χ0n) is 7.39. The third-order valence-corrected chi connectivity index (χ3v) is 3.10. The third-order valence-electron chi connectivity index (χ3n) is 1.38. The Kier molecular flexibility index (Phi) is 3.85. The van der Waals surface area contributed by atoms with E-state index in [-0.39, 0.29) is 5.92 Å². The predicted molar refractivity (Wildman–Crippen MR) is 47.5 cm³/mol. The van der Waals surface area contributed by atoms with E-state index in [0.717, 1.165) is 6.04 Å². The van der Waals surface area contributed by atoms with Crippen molar-refractivity contribution in [3.8, 4) is 12.1 Å². The Hall–Kier alpha value is -0.803. The fourth-order valence-electron chi connectivity index (χ4n) is 1.01. The molecule has 1 atom stereocenters. The molecule has 3 heteroatoms. The first kappa shape index (κ1) is 10.2. The molecule has 0 saturated heterocycles. The van der Waals surface area contributed by atoms with Crippen molar-refractivity contribution in [1.82, 2.24) is 0 Å². The van der Waals surface area contributed by atoms with E-state index in [1.54, 1.807) is 0 Å². The molecular weight excluding hydrogens is 152 g/mol. The molecule has 0 aliphatic heterocycles. The molecule has 0 aromatic heterocycles. The molecule has 0 aliphatic rings. The van der Waals surface area contributed by atoms with Crippen LogP contribution >= 0.6 is 0 Å². The van der Waals surface area contributed by atoms with Crippen LogP contribution in [0.15, 0.2) is 0 Å². The molecule has 0 spiro atoms. The van der Waals surface area contributed by atoms with Gasteiger partial charge in [0, 0.05) is 8.07 Å². The molecule has 11 heavy (non-hydrogen) atoms. The van der Waals surface area contributed by atoms with Crippen molar-refractivity contribution in [2.45, 2.75) is 32.1 Å². The number of nitrogens with zero attached hydrogens (tertiary/aromatic N) is 2. The van der Waals surface area contributed by atoms with Gasteiger partial charge in [-0.2, -0.15) is 10.5 Å². The summed E-state index contributed by atoms with van der Waals surface area (Å²) in [5.74, 6) is -0.0355. The summed E-state index contributed by atoms with van der Waals surface area (Å²) in [5.41, 5.74) is 0. The Morgan fingerprint density at radius 1 is 1.27 bits per heavy atom. The summed E-state index contributed by atoms with van der Waals surface area (Å²) in [6, 6.07) is 5.15. The molecule has 60 valence electrons. The monoisotopic (exact) mass is 166 g/mol. The smallest absolute Gasteiger partial charge is 0.0663 e. The minimum atomic E-state index is -1.15. The highest BCUT2D eigenvalue weighted by molar-refractivity contribution is 6.76. The van der Waals surface area contributed by atoms with Gasteiger partial charge in [-0.05, 0) is 6.04 Å². The van der Waals surface area contributed by atoms with Gasteiger partial charge in [-0.25, -0.2) is 0 Å². The van der Waals surface area contributed by atoms with Gasteiger partial charge in [-0.1, -0.05) is 19.6 Å². The van der Waals surface area contributed by atoms with Crippen molar-refractivity contribution in [1.29, 1.82) is 10.5 Å². The quantitative estimate of drug-likeness (QED) is 0.604.